The number of nitrogens with one attached hydrogen (secondary N) is 1. The Labute approximate surface area is 88.0 Å². The van der Waals surface area contributed by atoms with E-state index in [1.54, 1.807) is 0 Å². The zero-order chi connectivity index (χ0) is 11.8. The van der Waals surface area contributed by atoms with Gasteiger partial charge in [-0.25, -0.2) is 10.8 Å². The molecule has 0 aromatic heterocycles. The highest BCUT2D eigenvalue weighted by molar-refractivity contribution is 6.45. The smallest absolute Gasteiger partial charge is 0.285 e. The van der Waals surface area contributed by atoms with Crippen LogP contribution in [0.25, 0.3) is 0 Å². The Morgan fingerprint density at radius 2 is 2.07 bits per heavy atom. The van der Waals surface area contributed by atoms with Gasteiger partial charge in [0.2, 0.25) is 0 Å². The molecule has 86 valence electrons. The Kier molecular flexibility index (Phi) is 6.07. The van der Waals surface area contributed by atoms with Gasteiger partial charge in [0, 0.05) is 5.70 Å². The quantitative estimate of drug-likeness (QED) is 0.161. The summed E-state index contributed by atoms with van der Waals surface area (Å²) in [5.41, 5.74) is 13.4. The van der Waals surface area contributed by atoms with Gasteiger partial charge in [0.15, 0.2) is 5.71 Å². The molecule has 0 saturated carbocycles. The van der Waals surface area contributed by atoms with Crippen molar-refractivity contribution in [3.63, 3.8) is 0 Å². The molecule has 0 spiro atoms. The zero-order valence-corrected chi connectivity index (χ0v) is 8.66. The molecule has 1 amide bonds. The molecule has 0 rings (SSSR count). The van der Waals surface area contributed by atoms with Gasteiger partial charge in [-0.05, 0) is 6.42 Å². The average Bonchev–Trinajstić information content (AvgIpc) is 2.24. The van der Waals surface area contributed by atoms with Crippen molar-refractivity contribution < 1.29 is 9.90 Å². The van der Waals surface area contributed by atoms with Gasteiger partial charge in [0.25, 0.3) is 5.91 Å². The van der Waals surface area contributed by atoms with Gasteiger partial charge in [-0.15, -0.1) is 0 Å². The summed E-state index contributed by atoms with van der Waals surface area (Å²) in [5, 5.41) is 8.61. The van der Waals surface area contributed by atoms with Gasteiger partial charge in [-0.2, -0.15) is 0 Å². The van der Waals surface area contributed by atoms with Crippen LogP contribution in [-0.4, -0.2) is 23.5 Å². The normalized spacial score (nSPS) is 13.4. The Balaban J connectivity index is 5.01. The monoisotopic (exact) mass is 215 g/mol. The molecular weight excluding hydrogens is 198 g/mol. The van der Waals surface area contributed by atoms with Crippen LogP contribution in [0.5, 0.6) is 0 Å². The predicted octanol–water partition coefficient (Wildman–Crippen LogP) is -1.70. The Bertz CT molecular complexity index is 285. The van der Waals surface area contributed by atoms with E-state index in [0.717, 1.165) is 6.42 Å². The number of aliphatic hydroxyl groups is 1. The van der Waals surface area contributed by atoms with Crippen LogP contribution in [0.3, 0.4) is 0 Å². The number of hydrazine groups is 1. The number of aliphatic hydroxyl groups excluding tert-OH is 1. The summed E-state index contributed by atoms with van der Waals surface area (Å²) >= 11 is 0. The number of rotatable bonds is 5. The van der Waals surface area contributed by atoms with Gasteiger partial charge in [-0.3, -0.25) is 10.2 Å². The molecule has 0 bridgehead atoms. The fourth-order valence-electron chi connectivity index (χ4n) is 0.974. The number of carbonyl (C=O) groups is 1. The van der Waals surface area contributed by atoms with Gasteiger partial charge in [-0.1, -0.05) is 13.3 Å². The predicted molar refractivity (Wildman–Crippen MR) is 57.2 cm³/mol. The number of allylic oxidation sites excluding steroid dienone is 1. The number of nitrogens with two attached hydrogens (primary N) is 3. The van der Waals surface area contributed by atoms with Crippen molar-refractivity contribution in [2.45, 2.75) is 19.8 Å². The van der Waals surface area contributed by atoms with Crippen molar-refractivity contribution >= 4 is 11.6 Å². The maximum absolute atomic E-state index is 11.2. The fraction of sp³-hybridized carbons (Fsp3) is 0.500. The zero-order valence-electron chi connectivity index (χ0n) is 8.66. The van der Waals surface area contributed by atoms with Crippen LogP contribution in [-0.2, 0) is 4.79 Å². The summed E-state index contributed by atoms with van der Waals surface area (Å²) < 4.78 is 0. The van der Waals surface area contributed by atoms with Crippen molar-refractivity contribution in [1.29, 1.82) is 0 Å². The molecule has 8 N–H and O–H groups in total. The van der Waals surface area contributed by atoms with Crippen LogP contribution in [0.15, 0.2) is 16.4 Å². The Morgan fingerprint density at radius 3 is 2.47 bits per heavy atom. The maximum atomic E-state index is 11.2. The van der Waals surface area contributed by atoms with E-state index < -0.39 is 12.6 Å². The second kappa shape index (κ2) is 6.80. The fourth-order valence-corrected chi connectivity index (χ4v) is 0.974. The SMILES string of the molecule is CCCC(N)=C(N)C(=NCO)C(=O)NN. The average molecular weight is 215 g/mol. The number of amides is 1. The minimum atomic E-state index is -0.680. The van der Waals surface area contributed by atoms with E-state index in [-0.39, 0.29) is 11.4 Å². The first-order valence-corrected chi connectivity index (χ1v) is 4.49. The Morgan fingerprint density at radius 1 is 1.47 bits per heavy atom. The minimum Gasteiger partial charge on any atom is -0.400 e. The lowest BCUT2D eigenvalue weighted by atomic mass is 10.1. The van der Waals surface area contributed by atoms with E-state index in [0.29, 0.717) is 12.1 Å². The van der Waals surface area contributed by atoms with Gasteiger partial charge in [0.05, 0.1) is 5.70 Å². The number of hydrogen-bond acceptors (Lipinski definition) is 6. The summed E-state index contributed by atoms with van der Waals surface area (Å²) in [6.07, 6.45) is 1.34. The third-order valence-electron chi connectivity index (χ3n) is 1.70. The number of carbonyl (C=O) groups excluding carboxylic acids is 1. The van der Waals surface area contributed by atoms with Gasteiger partial charge >= 0.3 is 0 Å². The molecule has 0 aliphatic carbocycles. The van der Waals surface area contributed by atoms with Crippen LogP contribution in [0, 0.1) is 0 Å². The first kappa shape index (κ1) is 13.4. The standard InChI is InChI=1S/C8H17N5O2/c1-2-3-5(9)6(10)7(12-4-14)8(15)13-11/h14H,2-4,9-11H2,1H3,(H,13,15). The maximum Gasteiger partial charge on any atom is 0.285 e. The molecule has 0 unspecified atom stereocenters. The molecule has 0 atom stereocenters. The van der Waals surface area contributed by atoms with Crippen LogP contribution in [0.1, 0.15) is 19.8 Å². The van der Waals surface area contributed by atoms with Crippen molar-refractivity contribution in [2.75, 3.05) is 6.73 Å². The van der Waals surface area contributed by atoms with Crippen molar-refractivity contribution in [3.8, 4) is 0 Å². The molecule has 0 aromatic carbocycles. The third-order valence-corrected chi connectivity index (χ3v) is 1.70. The summed E-state index contributed by atoms with van der Waals surface area (Å²) in [5.74, 6) is 4.25. The van der Waals surface area contributed by atoms with E-state index in [1.807, 2.05) is 12.3 Å². The lowest BCUT2D eigenvalue weighted by Crippen LogP contribution is -2.39. The number of hydrogen-bond donors (Lipinski definition) is 5. The number of aliphatic imine (C=N–C) groups is 1. The highest BCUT2D eigenvalue weighted by atomic mass is 16.3. The first-order chi connectivity index (χ1) is 7.08. The van der Waals surface area contributed by atoms with E-state index >= 15 is 0 Å². The second-order valence-corrected chi connectivity index (χ2v) is 2.81. The lowest BCUT2D eigenvalue weighted by Gasteiger charge is -2.08. The van der Waals surface area contributed by atoms with E-state index in [4.69, 9.17) is 22.4 Å². The third kappa shape index (κ3) is 3.96. The van der Waals surface area contributed by atoms with Gasteiger partial charge < -0.3 is 16.6 Å². The van der Waals surface area contributed by atoms with Crippen LogP contribution in [0.2, 0.25) is 0 Å². The van der Waals surface area contributed by atoms with E-state index in [9.17, 15) is 4.79 Å². The second-order valence-electron chi connectivity index (χ2n) is 2.81. The van der Waals surface area contributed by atoms with Crippen molar-refractivity contribution in [1.82, 2.24) is 5.43 Å². The van der Waals surface area contributed by atoms with E-state index in [2.05, 4.69) is 4.99 Å². The largest absolute Gasteiger partial charge is 0.400 e. The molecule has 0 aliphatic rings. The summed E-state index contributed by atoms with van der Waals surface area (Å²) in [7, 11) is 0. The molecule has 7 nitrogen and oxygen atoms in total. The summed E-state index contributed by atoms with van der Waals surface area (Å²) in [6.45, 7) is 1.37. The molecular formula is C8H17N5O2. The summed E-state index contributed by atoms with van der Waals surface area (Å²) in [4.78, 5) is 14.7. The van der Waals surface area contributed by atoms with E-state index in [1.165, 1.54) is 0 Å². The number of nitrogens with zero attached hydrogens (tertiary/aromatic N) is 1. The lowest BCUT2D eigenvalue weighted by molar-refractivity contribution is -0.114. The molecule has 0 heterocycles. The summed E-state index contributed by atoms with van der Waals surface area (Å²) in [6, 6.07) is 0. The van der Waals surface area contributed by atoms with Crippen LogP contribution >= 0.6 is 0 Å². The van der Waals surface area contributed by atoms with Crippen LogP contribution in [0.4, 0.5) is 0 Å². The molecule has 0 fully saturated rings. The van der Waals surface area contributed by atoms with Crippen molar-refractivity contribution in [3.05, 3.63) is 11.4 Å². The molecule has 0 saturated heterocycles. The molecule has 0 aliphatic heterocycles. The topological polar surface area (TPSA) is 140 Å². The molecule has 7 heteroatoms. The highest BCUT2D eigenvalue weighted by Gasteiger charge is 2.15. The Hall–Kier alpha value is -1.60. The minimum absolute atomic E-state index is 0.0499. The molecule has 0 aromatic rings. The highest BCUT2D eigenvalue weighted by Crippen LogP contribution is 2.03. The van der Waals surface area contributed by atoms with Crippen LogP contribution < -0.4 is 22.7 Å². The molecule has 15 heavy (non-hydrogen) atoms. The first-order valence-electron chi connectivity index (χ1n) is 4.49. The molecule has 0 radical (unpaired) electrons. The van der Waals surface area contributed by atoms with Gasteiger partial charge in [0.1, 0.15) is 6.73 Å². The van der Waals surface area contributed by atoms with Crippen molar-refractivity contribution in [2.24, 2.45) is 22.3 Å².